The van der Waals surface area contributed by atoms with Crippen LogP contribution in [0.15, 0.2) is 42.6 Å². The van der Waals surface area contributed by atoms with Crippen LogP contribution in [0, 0.1) is 6.92 Å². The Morgan fingerprint density at radius 1 is 1.03 bits per heavy atom. The number of ether oxygens (including phenoxy) is 1. The lowest BCUT2D eigenvalue weighted by molar-refractivity contribution is 0.0526. The first kappa shape index (κ1) is 19.8. The normalized spacial score (nSPS) is 14.5. The number of nitrogens with zero attached hydrogens (tertiary/aromatic N) is 7. The number of esters is 1. The van der Waals surface area contributed by atoms with Gasteiger partial charge in [-0.05, 0) is 55.0 Å². The molecule has 2 aromatic heterocycles. The van der Waals surface area contributed by atoms with Crippen molar-refractivity contribution in [3.05, 3.63) is 53.7 Å². The van der Waals surface area contributed by atoms with Gasteiger partial charge in [0.2, 0.25) is 5.95 Å². The summed E-state index contributed by atoms with van der Waals surface area (Å²) < 4.78 is 6.80. The average molecular weight is 407 g/mol. The van der Waals surface area contributed by atoms with Crippen molar-refractivity contribution in [3.63, 3.8) is 0 Å². The SMILES string of the molecule is CCOC(=O)c1ccc(N2CCCN(c3nnnn3-c3ccc(C)cc3)CC2)nc1. The van der Waals surface area contributed by atoms with Gasteiger partial charge in [-0.3, -0.25) is 0 Å². The van der Waals surface area contributed by atoms with Crippen LogP contribution in [0.4, 0.5) is 11.8 Å². The zero-order valence-electron chi connectivity index (χ0n) is 17.2. The molecule has 1 saturated heterocycles. The smallest absolute Gasteiger partial charge is 0.339 e. The highest BCUT2D eigenvalue weighted by Gasteiger charge is 2.21. The third-order valence-electron chi connectivity index (χ3n) is 5.09. The van der Waals surface area contributed by atoms with Gasteiger partial charge in [-0.1, -0.05) is 22.8 Å². The molecule has 0 aliphatic carbocycles. The fraction of sp³-hybridized carbons (Fsp3) is 0.381. The third-order valence-corrected chi connectivity index (χ3v) is 5.09. The molecule has 4 rings (SSSR count). The molecule has 0 unspecified atom stereocenters. The van der Waals surface area contributed by atoms with E-state index in [4.69, 9.17) is 4.74 Å². The van der Waals surface area contributed by atoms with Crippen LogP contribution in [0.2, 0.25) is 0 Å². The van der Waals surface area contributed by atoms with E-state index < -0.39 is 0 Å². The van der Waals surface area contributed by atoms with Gasteiger partial charge in [0.05, 0.1) is 17.9 Å². The maximum Gasteiger partial charge on any atom is 0.339 e. The van der Waals surface area contributed by atoms with E-state index in [1.54, 1.807) is 23.9 Å². The molecule has 0 amide bonds. The number of anilines is 2. The van der Waals surface area contributed by atoms with Crippen LogP contribution in [0.25, 0.3) is 5.69 Å². The van der Waals surface area contributed by atoms with Gasteiger partial charge >= 0.3 is 5.97 Å². The highest BCUT2D eigenvalue weighted by Crippen LogP contribution is 2.20. The molecule has 0 saturated carbocycles. The summed E-state index contributed by atoms with van der Waals surface area (Å²) in [4.78, 5) is 20.7. The van der Waals surface area contributed by atoms with Crippen LogP contribution in [0.5, 0.6) is 0 Å². The topological polar surface area (TPSA) is 89.3 Å². The minimum Gasteiger partial charge on any atom is -0.462 e. The van der Waals surface area contributed by atoms with Crippen LogP contribution in [0.3, 0.4) is 0 Å². The lowest BCUT2D eigenvalue weighted by Crippen LogP contribution is -2.32. The Kier molecular flexibility index (Phi) is 5.87. The summed E-state index contributed by atoms with van der Waals surface area (Å²) in [6, 6.07) is 11.8. The van der Waals surface area contributed by atoms with Crippen molar-refractivity contribution in [2.75, 3.05) is 42.6 Å². The second-order valence-electron chi connectivity index (χ2n) is 7.18. The quantitative estimate of drug-likeness (QED) is 0.595. The molecule has 0 bridgehead atoms. The van der Waals surface area contributed by atoms with Gasteiger partial charge in [-0.15, -0.1) is 0 Å². The number of rotatable bonds is 5. The summed E-state index contributed by atoms with van der Waals surface area (Å²) in [5.74, 6) is 1.25. The minimum absolute atomic E-state index is 0.346. The van der Waals surface area contributed by atoms with Gasteiger partial charge in [0.1, 0.15) is 5.82 Å². The Morgan fingerprint density at radius 2 is 1.80 bits per heavy atom. The standard InChI is InChI=1S/C21H25N7O2/c1-3-30-20(29)17-7-10-19(22-15-17)26-11-4-12-27(14-13-26)21-23-24-25-28(21)18-8-5-16(2)6-9-18/h5-10,15H,3-4,11-14H2,1-2H3. The Hall–Kier alpha value is -3.49. The summed E-state index contributed by atoms with van der Waals surface area (Å²) in [7, 11) is 0. The highest BCUT2D eigenvalue weighted by molar-refractivity contribution is 5.89. The molecule has 3 aromatic rings. The fourth-order valence-electron chi connectivity index (χ4n) is 3.49. The number of benzene rings is 1. The van der Waals surface area contributed by atoms with Crippen molar-refractivity contribution in [3.8, 4) is 5.69 Å². The molecule has 0 N–H and O–H groups in total. The number of aryl methyl sites for hydroxylation is 1. The molecule has 0 radical (unpaired) electrons. The van der Waals surface area contributed by atoms with Gasteiger partial charge in [-0.25, -0.2) is 9.78 Å². The van der Waals surface area contributed by atoms with Crippen molar-refractivity contribution in [2.45, 2.75) is 20.3 Å². The molecule has 0 atom stereocenters. The molecule has 9 nitrogen and oxygen atoms in total. The van der Waals surface area contributed by atoms with E-state index in [1.807, 2.05) is 18.2 Å². The number of hydrogen-bond donors (Lipinski definition) is 0. The molecule has 0 spiro atoms. The molecule has 30 heavy (non-hydrogen) atoms. The van der Waals surface area contributed by atoms with E-state index in [0.29, 0.717) is 12.2 Å². The Morgan fingerprint density at radius 3 is 2.53 bits per heavy atom. The lowest BCUT2D eigenvalue weighted by Gasteiger charge is -2.23. The first-order valence-electron chi connectivity index (χ1n) is 10.1. The second-order valence-corrected chi connectivity index (χ2v) is 7.18. The van der Waals surface area contributed by atoms with Crippen LogP contribution >= 0.6 is 0 Å². The highest BCUT2D eigenvalue weighted by atomic mass is 16.5. The number of pyridine rings is 1. The molecular formula is C21H25N7O2. The molecule has 9 heteroatoms. The fourth-order valence-corrected chi connectivity index (χ4v) is 3.49. The monoisotopic (exact) mass is 407 g/mol. The predicted octanol–water partition coefficient (Wildman–Crippen LogP) is 2.26. The third kappa shape index (κ3) is 4.24. The maximum atomic E-state index is 11.8. The van der Waals surface area contributed by atoms with Crippen LogP contribution in [-0.4, -0.2) is 63.9 Å². The van der Waals surface area contributed by atoms with Crippen LogP contribution in [0.1, 0.15) is 29.3 Å². The number of carbonyl (C=O) groups excluding carboxylic acids is 1. The summed E-state index contributed by atoms with van der Waals surface area (Å²) in [6.45, 7) is 7.47. The zero-order chi connectivity index (χ0) is 20.9. The first-order chi connectivity index (χ1) is 14.7. The molecule has 3 heterocycles. The maximum absolute atomic E-state index is 11.8. The van der Waals surface area contributed by atoms with Crippen molar-refractivity contribution in [1.82, 2.24) is 25.2 Å². The zero-order valence-corrected chi connectivity index (χ0v) is 17.2. The van der Waals surface area contributed by atoms with Crippen molar-refractivity contribution in [1.29, 1.82) is 0 Å². The Labute approximate surface area is 175 Å². The molecule has 1 aliphatic heterocycles. The molecule has 1 fully saturated rings. The van der Waals surface area contributed by atoms with E-state index in [9.17, 15) is 4.79 Å². The van der Waals surface area contributed by atoms with E-state index in [0.717, 1.165) is 50.1 Å². The van der Waals surface area contributed by atoms with Crippen molar-refractivity contribution >= 4 is 17.7 Å². The lowest BCUT2D eigenvalue weighted by atomic mass is 10.2. The number of carbonyl (C=O) groups is 1. The van der Waals surface area contributed by atoms with Gasteiger partial charge in [0.25, 0.3) is 0 Å². The molecule has 1 aliphatic rings. The van der Waals surface area contributed by atoms with Gasteiger partial charge in [-0.2, -0.15) is 4.68 Å². The molecular weight excluding hydrogens is 382 g/mol. The number of hydrogen-bond acceptors (Lipinski definition) is 8. The van der Waals surface area contributed by atoms with Gasteiger partial charge in [0.15, 0.2) is 0 Å². The Bertz CT molecular complexity index is 985. The second kappa shape index (κ2) is 8.89. The predicted molar refractivity (Wildman–Crippen MR) is 113 cm³/mol. The number of tetrazole rings is 1. The minimum atomic E-state index is -0.346. The van der Waals surface area contributed by atoms with E-state index in [-0.39, 0.29) is 5.97 Å². The van der Waals surface area contributed by atoms with E-state index in [1.165, 1.54) is 5.56 Å². The Balaban J connectivity index is 1.46. The largest absolute Gasteiger partial charge is 0.462 e. The van der Waals surface area contributed by atoms with Gasteiger partial charge in [0, 0.05) is 32.4 Å². The van der Waals surface area contributed by atoms with Gasteiger partial charge < -0.3 is 14.5 Å². The summed E-state index contributed by atoms with van der Waals surface area (Å²) in [5.41, 5.74) is 2.60. The molecule has 1 aromatic carbocycles. The first-order valence-corrected chi connectivity index (χ1v) is 10.1. The summed E-state index contributed by atoms with van der Waals surface area (Å²) >= 11 is 0. The molecule has 156 valence electrons. The van der Waals surface area contributed by atoms with Crippen molar-refractivity contribution < 1.29 is 9.53 Å². The van der Waals surface area contributed by atoms with Crippen LogP contribution < -0.4 is 9.80 Å². The summed E-state index contributed by atoms with van der Waals surface area (Å²) in [5, 5.41) is 12.4. The van der Waals surface area contributed by atoms with E-state index >= 15 is 0 Å². The summed E-state index contributed by atoms with van der Waals surface area (Å²) in [6.07, 6.45) is 2.52. The van der Waals surface area contributed by atoms with E-state index in [2.05, 4.69) is 49.4 Å². The number of aromatic nitrogens is 5. The van der Waals surface area contributed by atoms with Crippen LogP contribution in [-0.2, 0) is 4.74 Å². The average Bonchev–Trinajstić information content (AvgIpc) is 3.12. The van der Waals surface area contributed by atoms with Crippen molar-refractivity contribution in [2.24, 2.45) is 0 Å².